The first kappa shape index (κ1) is 22.2. The van der Waals surface area contributed by atoms with Gasteiger partial charge in [-0.3, -0.25) is 0 Å². The summed E-state index contributed by atoms with van der Waals surface area (Å²) in [7, 11) is -3.07. The normalized spacial score (nSPS) is 11.1. The van der Waals surface area contributed by atoms with Crippen molar-refractivity contribution in [3.8, 4) is 0 Å². The zero-order chi connectivity index (χ0) is 15.4. The predicted octanol–water partition coefficient (Wildman–Crippen LogP) is 4.73. The van der Waals surface area contributed by atoms with Crippen molar-refractivity contribution in [1.29, 1.82) is 0 Å². The van der Waals surface area contributed by atoms with Gasteiger partial charge in [0.2, 0.25) is 0 Å². The molecule has 0 amide bonds. The van der Waals surface area contributed by atoms with Crippen LogP contribution in [-0.4, -0.2) is 43.7 Å². The van der Waals surface area contributed by atoms with Crippen LogP contribution in [0.25, 0.3) is 0 Å². The number of benzene rings is 1. The second kappa shape index (κ2) is 13.6. The van der Waals surface area contributed by atoms with Crippen LogP contribution in [-0.2, 0) is 9.84 Å². The Balaban J connectivity index is 0.00000441. The fraction of sp³-hybridized carbons (Fsp3) is 0.667. The van der Waals surface area contributed by atoms with Gasteiger partial charge in [0.25, 0.3) is 0 Å². The van der Waals surface area contributed by atoms with E-state index in [4.69, 9.17) is 0 Å². The molecule has 2 nitrogen and oxygen atoms in total. The molecule has 0 radical (unpaired) electrons. The summed E-state index contributed by atoms with van der Waals surface area (Å²) in [6.07, 6.45) is 12.2. The molecular weight excluding hydrogens is 303 g/mol. The fourth-order valence-electron chi connectivity index (χ4n) is 2.53. The van der Waals surface area contributed by atoms with Gasteiger partial charge >= 0.3 is 29.6 Å². The van der Waals surface area contributed by atoms with E-state index in [9.17, 15) is 8.42 Å². The molecule has 1 rings (SSSR count). The van der Waals surface area contributed by atoms with Crippen LogP contribution in [0.1, 0.15) is 71.1 Å². The zero-order valence-corrected chi connectivity index (χ0v) is 14.2. The molecule has 0 aliphatic rings. The third-order valence-corrected chi connectivity index (χ3v) is 5.69. The Hall–Kier alpha value is 0.170. The van der Waals surface area contributed by atoms with Gasteiger partial charge < -0.3 is 0 Å². The maximum atomic E-state index is 12.1. The van der Waals surface area contributed by atoms with Crippen LogP contribution in [0.5, 0.6) is 0 Å². The standard InChI is InChI=1S/C18H30O2S.Na.H/c1-2-3-4-5-6-7-8-9-10-14-17-21(19,20)18-15-12-11-13-16-18;;/h11-13,15-16H,2-10,14,17H2,1H3;;. The first-order valence-corrected chi connectivity index (χ1v) is 10.1. The molecule has 0 N–H and O–H groups in total. The molecule has 0 heterocycles. The predicted molar refractivity (Wildman–Crippen MR) is 97.5 cm³/mol. The first-order valence-electron chi connectivity index (χ1n) is 8.44. The SMILES string of the molecule is CCCCCCCCCCCCS(=O)(=O)c1ccccc1.[NaH]. The number of hydrogen-bond donors (Lipinski definition) is 0. The van der Waals surface area contributed by atoms with E-state index in [0.29, 0.717) is 4.90 Å². The van der Waals surface area contributed by atoms with E-state index in [-0.39, 0.29) is 35.3 Å². The van der Waals surface area contributed by atoms with Crippen molar-refractivity contribution in [3.05, 3.63) is 30.3 Å². The van der Waals surface area contributed by atoms with Gasteiger partial charge in [0.1, 0.15) is 0 Å². The topological polar surface area (TPSA) is 34.1 Å². The maximum absolute atomic E-state index is 12.1. The van der Waals surface area contributed by atoms with Crippen LogP contribution >= 0.6 is 0 Å². The zero-order valence-electron chi connectivity index (χ0n) is 13.4. The molecule has 4 heteroatoms. The third kappa shape index (κ3) is 10.0. The van der Waals surface area contributed by atoms with Gasteiger partial charge in [0, 0.05) is 0 Å². The van der Waals surface area contributed by atoms with Crippen molar-refractivity contribution < 1.29 is 8.42 Å². The van der Waals surface area contributed by atoms with Crippen molar-refractivity contribution in [1.82, 2.24) is 0 Å². The molecule has 0 fully saturated rings. The second-order valence-corrected chi connectivity index (χ2v) is 7.92. The number of rotatable bonds is 12. The average molecular weight is 335 g/mol. The summed E-state index contributed by atoms with van der Waals surface area (Å²) in [6, 6.07) is 8.79. The van der Waals surface area contributed by atoms with Crippen LogP contribution in [0, 0.1) is 0 Å². The first-order chi connectivity index (χ1) is 10.2. The van der Waals surface area contributed by atoms with Crippen LogP contribution in [0.2, 0.25) is 0 Å². The Morgan fingerprint density at radius 2 is 1.18 bits per heavy atom. The van der Waals surface area contributed by atoms with Crippen molar-refractivity contribution >= 4 is 39.4 Å². The van der Waals surface area contributed by atoms with Crippen molar-refractivity contribution in [2.75, 3.05) is 5.75 Å². The van der Waals surface area contributed by atoms with E-state index in [1.165, 1.54) is 44.9 Å². The van der Waals surface area contributed by atoms with Crippen LogP contribution < -0.4 is 0 Å². The van der Waals surface area contributed by atoms with Gasteiger partial charge in [-0.1, -0.05) is 82.9 Å². The van der Waals surface area contributed by atoms with Gasteiger partial charge in [-0.25, -0.2) is 8.42 Å². The summed E-state index contributed by atoms with van der Waals surface area (Å²) in [5.41, 5.74) is 0. The van der Waals surface area contributed by atoms with E-state index < -0.39 is 9.84 Å². The molecule has 1 aromatic rings. The molecule has 22 heavy (non-hydrogen) atoms. The minimum absolute atomic E-state index is 0. The molecule has 0 unspecified atom stereocenters. The Labute approximate surface area is 159 Å². The monoisotopic (exact) mass is 334 g/mol. The molecule has 122 valence electrons. The number of hydrogen-bond acceptors (Lipinski definition) is 2. The Kier molecular flexibility index (Phi) is 13.7. The summed E-state index contributed by atoms with van der Waals surface area (Å²) in [5, 5.41) is 0. The molecule has 0 aromatic heterocycles. The molecule has 0 aliphatic heterocycles. The third-order valence-electron chi connectivity index (χ3n) is 3.87. The van der Waals surface area contributed by atoms with Crippen molar-refractivity contribution in [3.63, 3.8) is 0 Å². The van der Waals surface area contributed by atoms with Gasteiger partial charge in [-0.05, 0) is 18.6 Å². The molecular formula is C18H31NaO2S. The van der Waals surface area contributed by atoms with E-state index in [1.807, 2.05) is 6.07 Å². The van der Waals surface area contributed by atoms with E-state index in [2.05, 4.69) is 6.92 Å². The van der Waals surface area contributed by atoms with Crippen molar-refractivity contribution in [2.45, 2.75) is 76.0 Å². The van der Waals surface area contributed by atoms with E-state index in [1.54, 1.807) is 24.3 Å². The quantitative estimate of drug-likeness (QED) is 0.409. The summed E-state index contributed by atoms with van der Waals surface area (Å²) in [5.74, 6) is 0.285. The van der Waals surface area contributed by atoms with E-state index >= 15 is 0 Å². The Morgan fingerprint density at radius 1 is 0.727 bits per heavy atom. The molecule has 1 aromatic carbocycles. The number of sulfone groups is 1. The molecule has 0 aliphatic carbocycles. The number of unbranched alkanes of at least 4 members (excludes halogenated alkanes) is 9. The van der Waals surface area contributed by atoms with Gasteiger partial charge in [-0.2, -0.15) is 0 Å². The molecule has 0 atom stereocenters. The summed E-state index contributed by atoms with van der Waals surface area (Å²) >= 11 is 0. The fourth-order valence-corrected chi connectivity index (χ4v) is 3.92. The van der Waals surface area contributed by atoms with Gasteiger partial charge in [0.15, 0.2) is 9.84 Å². The average Bonchev–Trinajstić information content (AvgIpc) is 2.50. The van der Waals surface area contributed by atoms with Crippen LogP contribution in [0.15, 0.2) is 35.2 Å². The Morgan fingerprint density at radius 3 is 1.68 bits per heavy atom. The van der Waals surface area contributed by atoms with Crippen LogP contribution in [0.4, 0.5) is 0 Å². The summed E-state index contributed by atoms with van der Waals surface area (Å²) in [6.45, 7) is 2.24. The van der Waals surface area contributed by atoms with Gasteiger partial charge in [0.05, 0.1) is 10.6 Å². The summed E-state index contributed by atoms with van der Waals surface area (Å²) in [4.78, 5) is 0.459. The minimum atomic E-state index is -3.07. The van der Waals surface area contributed by atoms with Crippen molar-refractivity contribution in [2.24, 2.45) is 0 Å². The van der Waals surface area contributed by atoms with Gasteiger partial charge in [-0.15, -0.1) is 0 Å². The molecule has 0 bridgehead atoms. The second-order valence-electron chi connectivity index (χ2n) is 5.81. The molecule has 0 saturated carbocycles. The van der Waals surface area contributed by atoms with Crippen LogP contribution in [0.3, 0.4) is 0 Å². The Bertz CT molecular complexity index is 457. The molecule has 0 spiro atoms. The molecule has 0 saturated heterocycles. The van der Waals surface area contributed by atoms with E-state index in [0.717, 1.165) is 19.3 Å². The summed E-state index contributed by atoms with van der Waals surface area (Å²) < 4.78 is 24.1.